The van der Waals surface area contributed by atoms with Crippen LogP contribution in [0, 0.1) is 0 Å². The van der Waals surface area contributed by atoms with E-state index in [2.05, 4.69) is 10.3 Å². The minimum absolute atomic E-state index is 0.207. The Kier molecular flexibility index (Phi) is 3.39. The van der Waals surface area contributed by atoms with Crippen LogP contribution < -0.4 is 5.32 Å². The Morgan fingerprint density at radius 1 is 1.22 bits per heavy atom. The van der Waals surface area contributed by atoms with Gasteiger partial charge in [0.25, 0.3) is 5.91 Å². The zero-order valence-corrected chi connectivity index (χ0v) is 13.3. The van der Waals surface area contributed by atoms with Crippen molar-refractivity contribution in [3.8, 4) is 0 Å². The lowest BCUT2D eigenvalue weighted by molar-refractivity contribution is 0.0369. The molecule has 4 rings (SSSR count). The van der Waals surface area contributed by atoms with Gasteiger partial charge in [0.1, 0.15) is 5.60 Å². The minimum Gasteiger partial charge on any atom is -0.383 e. The second kappa shape index (κ2) is 5.44. The summed E-state index contributed by atoms with van der Waals surface area (Å²) >= 11 is 1.37. The number of nitrogens with one attached hydrogen (secondary N) is 1. The Labute approximate surface area is 137 Å². The minimum atomic E-state index is -0.983. The average Bonchev–Trinajstić information content (AvgIpc) is 3.15. The number of hydrogen-bond acceptors (Lipinski definition) is 4. The zero-order chi connectivity index (χ0) is 15.9. The van der Waals surface area contributed by atoms with Crippen molar-refractivity contribution in [3.63, 3.8) is 0 Å². The predicted octanol–water partition coefficient (Wildman–Crippen LogP) is 2.86. The molecular formula is C18H16N2O2S. The molecule has 0 saturated carbocycles. The number of carbonyl (C=O) groups excluding carboxylic acids is 1. The number of rotatable bonds is 3. The molecule has 0 unspecified atom stereocenters. The first kappa shape index (κ1) is 14.4. The summed E-state index contributed by atoms with van der Waals surface area (Å²) in [6.45, 7) is 0.207. The van der Waals surface area contributed by atoms with Crippen LogP contribution in [-0.4, -0.2) is 22.5 Å². The molecule has 1 amide bonds. The molecule has 2 aromatic carbocycles. The van der Waals surface area contributed by atoms with E-state index in [1.54, 1.807) is 0 Å². The molecule has 116 valence electrons. The molecule has 0 bridgehead atoms. The molecule has 3 aromatic rings. The number of thiazole rings is 1. The molecule has 1 aliphatic carbocycles. The van der Waals surface area contributed by atoms with Gasteiger partial charge in [-0.05, 0) is 36.1 Å². The lowest BCUT2D eigenvalue weighted by atomic mass is 9.96. The van der Waals surface area contributed by atoms with Crippen molar-refractivity contribution in [2.24, 2.45) is 0 Å². The summed E-state index contributed by atoms with van der Waals surface area (Å²) in [5, 5.41) is 14.1. The summed E-state index contributed by atoms with van der Waals surface area (Å²) in [5.74, 6) is -0.232. The van der Waals surface area contributed by atoms with Gasteiger partial charge in [-0.3, -0.25) is 4.79 Å². The van der Waals surface area contributed by atoms with Gasteiger partial charge in [-0.2, -0.15) is 0 Å². The molecule has 2 N–H and O–H groups in total. The SMILES string of the molecule is O=C(NC[C@]1(O)CCc2ccccc21)c1nc2ccccc2s1. The summed E-state index contributed by atoms with van der Waals surface area (Å²) < 4.78 is 0.988. The first-order valence-electron chi connectivity index (χ1n) is 7.60. The zero-order valence-electron chi connectivity index (χ0n) is 12.5. The molecule has 1 atom stereocenters. The fraction of sp³-hybridized carbons (Fsp3) is 0.222. The van der Waals surface area contributed by atoms with Gasteiger partial charge in [0.05, 0.1) is 16.8 Å². The van der Waals surface area contributed by atoms with E-state index in [0.717, 1.165) is 27.8 Å². The molecule has 1 aromatic heterocycles. The topological polar surface area (TPSA) is 62.2 Å². The number of aromatic nitrogens is 1. The summed E-state index contributed by atoms with van der Waals surface area (Å²) in [5.41, 5.74) is 1.92. The smallest absolute Gasteiger partial charge is 0.280 e. The number of hydrogen-bond donors (Lipinski definition) is 2. The van der Waals surface area contributed by atoms with Gasteiger partial charge >= 0.3 is 0 Å². The van der Waals surface area contributed by atoms with Crippen LogP contribution in [0.5, 0.6) is 0 Å². The lowest BCUT2D eigenvalue weighted by Crippen LogP contribution is -2.39. The van der Waals surface area contributed by atoms with Crippen LogP contribution in [0.25, 0.3) is 10.2 Å². The third kappa shape index (κ3) is 2.52. The Bertz CT molecular complexity index is 856. The van der Waals surface area contributed by atoms with E-state index in [1.807, 2.05) is 48.5 Å². The molecular weight excluding hydrogens is 308 g/mol. The van der Waals surface area contributed by atoms with E-state index >= 15 is 0 Å². The lowest BCUT2D eigenvalue weighted by Gasteiger charge is -2.24. The standard InChI is InChI=1S/C18H16N2O2S/c21-16(17-20-14-7-3-4-8-15(14)23-17)19-11-18(22)10-9-12-5-1-2-6-13(12)18/h1-8,22H,9-11H2,(H,19,21)/t18-/m1/s1. The Morgan fingerprint density at radius 3 is 2.87 bits per heavy atom. The van der Waals surface area contributed by atoms with Crippen LogP contribution in [0.4, 0.5) is 0 Å². The van der Waals surface area contributed by atoms with E-state index < -0.39 is 5.60 Å². The number of aliphatic hydroxyl groups is 1. The van der Waals surface area contributed by atoms with Gasteiger partial charge in [-0.15, -0.1) is 11.3 Å². The van der Waals surface area contributed by atoms with Crippen LogP contribution in [-0.2, 0) is 12.0 Å². The van der Waals surface area contributed by atoms with Crippen molar-refractivity contribution in [2.45, 2.75) is 18.4 Å². The van der Waals surface area contributed by atoms with Crippen molar-refractivity contribution < 1.29 is 9.90 Å². The third-order valence-electron chi connectivity index (χ3n) is 4.36. The number of carbonyl (C=O) groups is 1. The van der Waals surface area contributed by atoms with E-state index in [9.17, 15) is 9.90 Å². The summed E-state index contributed by atoms with van der Waals surface area (Å²) in [7, 11) is 0. The average molecular weight is 324 g/mol. The van der Waals surface area contributed by atoms with Crippen LogP contribution in [0.3, 0.4) is 0 Å². The molecule has 23 heavy (non-hydrogen) atoms. The number of fused-ring (bicyclic) bond motifs is 2. The van der Waals surface area contributed by atoms with Gasteiger partial charge in [0.15, 0.2) is 5.01 Å². The van der Waals surface area contributed by atoms with E-state index in [-0.39, 0.29) is 12.5 Å². The molecule has 0 saturated heterocycles. The van der Waals surface area contributed by atoms with Crippen molar-refractivity contribution in [2.75, 3.05) is 6.54 Å². The van der Waals surface area contributed by atoms with Crippen LogP contribution >= 0.6 is 11.3 Å². The molecule has 0 aliphatic heterocycles. The number of benzene rings is 2. The largest absolute Gasteiger partial charge is 0.383 e. The summed E-state index contributed by atoms with van der Waals surface area (Å²) in [6.07, 6.45) is 1.47. The maximum absolute atomic E-state index is 12.4. The number of aryl methyl sites for hydroxylation is 1. The number of nitrogens with zero attached hydrogens (tertiary/aromatic N) is 1. The van der Waals surface area contributed by atoms with Gasteiger partial charge in [-0.25, -0.2) is 4.98 Å². The predicted molar refractivity (Wildman–Crippen MR) is 90.6 cm³/mol. The Balaban J connectivity index is 1.52. The van der Waals surface area contributed by atoms with Crippen LogP contribution in [0.1, 0.15) is 27.3 Å². The van der Waals surface area contributed by atoms with E-state index in [4.69, 9.17) is 0 Å². The highest BCUT2D eigenvalue weighted by Gasteiger charge is 2.36. The van der Waals surface area contributed by atoms with E-state index in [0.29, 0.717) is 11.4 Å². The second-order valence-electron chi connectivity index (χ2n) is 5.86. The fourth-order valence-electron chi connectivity index (χ4n) is 3.12. The molecule has 5 heteroatoms. The third-order valence-corrected chi connectivity index (χ3v) is 5.39. The molecule has 1 aliphatic rings. The maximum Gasteiger partial charge on any atom is 0.280 e. The van der Waals surface area contributed by atoms with Gasteiger partial charge in [-0.1, -0.05) is 36.4 Å². The van der Waals surface area contributed by atoms with Crippen molar-refractivity contribution in [3.05, 3.63) is 64.7 Å². The molecule has 1 heterocycles. The van der Waals surface area contributed by atoms with Crippen molar-refractivity contribution >= 4 is 27.5 Å². The molecule has 0 radical (unpaired) electrons. The van der Waals surface area contributed by atoms with Crippen LogP contribution in [0.2, 0.25) is 0 Å². The first-order chi connectivity index (χ1) is 11.2. The molecule has 0 fully saturated rings. The van der Waals surface area contributed by atoms with Gasteiger partial charge in [0, 0.05) is 0 Å². The summed E-state index contributed by atoms with van der Waals surface area (Å²) in [6, 6.07) is 15.5. The van der Waals surface area contributed by atoms with Crippen LogP contribution in [0.15, 0.2) is 48.5 Å². The number of amides is 1. The second-order valence-corrected chi connectivity index (χ2v) is 6.89. The van der Waals surface area contributed by atoms with E-state index in [1.165, 1.54) is 11.3 Å². The molecule has 0 spiro atoms. The fourth-order valence-corrected chi connectivity index (χ4v) is 4.01. The first-order valence-corrected chi connectivity index (χ1v) is 8.42. The van der Waals surface area contributed by atoms with Gasteiger partial charge < -0.3 is 10.4 Å². The molecule has 4 nitrogen and oxygen atoms in total. The highest BCUT2D eigenvalue weighted by atomic mass is 32.1. The maximum atomic E-state index is 12.4. The monoisotopic (exact) mass is 324 g/mol. The quantitative estimate of drug-likeness (QED) is 0.779. The summed E-state index contributed by atoms with van der Waals surface area (Å²) in [4.78, 5) is 16.7. The normalized spacial score (nSPS) is 19.7. The van der Waals surface area contributed by atoms with Crippen molar-refractivity contribution in [1.82, 2.24) is 10.3 Å². The Morgan fingerprint density at radius 2 is 2.00 bits per heavy atom. The highest BCUT2D eigenvalue weighted by Crippen LogP contribution is 2.36. The Hall–Kier alpha value is -2.24. The number of para-hydroxylation sites is 1. The van der Waals surface area contributed by atoms with Gasteiger partial charge in [0.2, 0.25) is 0 Å². The highest BCUT2D eigenvalue weighted by molar-refractivity contribution is 7.20. The van der Waals surface area contributed by atoms with Crippen molar-refractivity contribution in [1.29, 1.82) is 0 Å².